The Morgan fingerprint density at radius 3 is 2.70 bits per heavy atom. The molecule has 2 aromatic heterocycles. The molecule has 0 aliphatic carbocycles. The molecule has 0 radical (unpaired) electrons. The van der Waals surface area contributed by atoms with Gasteiger partial charge in [0.25, 0.3) is 10.0 Å². The van der Waals surface area contributed by atoms with Crippen molar-refractivity contribution in [3.8, 4) is 0 Å². The third-order valence-corrected chi connectivity index (χ3v) is 6.31. The van der Waals surface area contributed by atoms with Crippen LogP contribution in [0.2, 0.25) is 0 Å². The van der Waals surface area contributed by atoms with Gasteiger partial charge in [-0.05, 0) is 42.9 Å². The molecule has 0 aromatic carbocycles. The SMILES string of the molecule is CNCc1cc(S(=O)(=O)Nc2c(C)n[nH]c2C)c(Br)s1. The van der Waals surface area contributed by atoms with Crippen LogP contribution in [0.4, 0.5) is 5.69 Å². The third kappa shape index (κ3) is 3.05. The molecule has 0 spiro atoms. The number of sulfonamides is 1. The van der Waals surface area contributed by atoms with Gasteiger partial charge in [-0.2, -0.15) is 5.10 Å². The first kappa shape index (κ1) is 15.5. The third-order valence-electron chi connectivity index (χ3n) is 2.71. The van der Waals surface area contributed by atoms with Crippen molar-refractivity contribution in [2.24, 2.45) is 0 Å². The molecule has 0 saturated carbocycles. The van der Waals surface area contributed by atoms with Crippen molar-refractivity contribution in [1.29, 1.82) is 0 Å². The summed E-state index contributed by atoms with van der Waals surface area (Å²) in [6, 6.07) is 1.67. The van der Waals surface area contributed by atoms with E-state index >= 15 is 0 Å². The van der Waals surface area contributed by atoms with E-state index in [1.165, 1.54) is 11.3 Å². The van der Waals surface area contributed by atoms with Crippen LogP contribution < -0.4 is 10.0 Å². The monoisotopic (exact) mass is 378 g/mol. The number of aromatic amines is 1. The van der Waals surface area contributed by atoms with Gasteiger partial charge in [-0.3, -0.25) is 9.82 Å². The Morgan fingerprint density at radius 2 is 2.15 bits per heavy atom. The van der Waals surface area contributed by atoms with Crippen LogP contribution in [0.5, 0.6) is 0 Å². The number of anilines is 1. The zero-order valence-electron chi connectivity index (χ0n) is 11.2. The minimum absolute atomic E-state index is 0.243. The van der Waals surface area contributed by atoms with Crippen LogP contribution in [-0.2, 0) is 16.6 Å². The van der Waals surface area contributed by atoms with Gasteiger partial charge in [0.1, 0.15) is 4.90 Å². The van der Waals surface area contributed by atoms with E-state index in [0.29, 0.717) is 27.4 Å². The fourth-order valence-electron chi connectivity index (χ4n) is 1.73. The highest BCUT2D eigenvalue weighted by Gasteiger charge is 2.23. The number of nitrogens with one attached hydrogen (secondary N) is 3. The summed E-state index contributed by atoms with van der Waals surface area (Å²) >= 11 is 4.71. The second-order valence-electron chi connectivity index (χ2n) is 4.30. The van der Waals surface area contributed by atoms with Crippen molar-refractivity contribution >= 4 is 43.0 Å². The molecule has 0 aliphatic heterocycles. The van der Waals surface area contributed by atoms with Gasteiger partial charge in [0.15, 0.2) is 0 Å². The zero-order valence-corrected chi connectivity index (χ0v) is 14.5. The number of hydrogen-bond donors (Lipinski definition) is 3. The molecule has 0 saturated heterocycles. The molecular formula is C11H15BrN4O2S2. The molecule has 0 bridgehead atoms. The molecule has 0 amide bonds. The largest absolute Gasteiger partial charge is 0.315 e. The van der Waals surface area contributed by atoms with E-state index in [0.717, 1.165) is 4.88 Å². The summed E-state index contributed by atoms with van der Waals surface area (Å²) in [4.78, 5) is 1.19. The fraction of sp³-hybridized carbons (Fsp3) is 0.364. The predicted octanol–water partition coefficient (Wildman–Crippen LogP) is 2.37. The van der Waals surface area contributed by atoms with Gasteiger partial charge in [-0.15, -0.1) is 11.3 Å². The highest BCUT2D eigenvalue weighted by Crippen LogP contribution is 2.33. The average molecular weight is 379 g/mol. The van der Waals surface area contributed by atoms with Crippen molar-refractivity contribution in [1.82, 2.24) is 15.5 Å². The number of aryl methyl sites for hydroxylation is 2. The Kier molecular flexibility index (Phi) is 4.52. The maximum absolute atomic E-state index is 12.4. The van der Waals surface area contributed by atoms with Gasteiger partial charge in [-0.1, -0.05) is 0 Å². The van der Waals surface area contributed by atoms with E-state index in [-0.39, 0.29) is 4.90 Å². The molecule has 0 unspecified atom stereocenters. The Hall–Kier alpha value is -0.900. The van der Waals surface area contributed by atoms with Gasteiger partial charge in [0, 0.05) is 11.4 Å². The Bertz CT molecular complexity index is 701. The summed E-state index contributed by atoms with van der Waals surface area (Å²) in [5.74, 6) is 0. The van der Waals surface area contributed by atoms with Crippen molar-refractivity contribution < 1.29 is 8.42 Å². The Balaban J connectivity index is 2.36. The summed E-state index contributed by atoms with van der Waals surface area (Å²) in [6.07, 6.45) is 0. The minimum Gasteiger partial charge on any atom is -0.315 e. The van der Waals surface area contributed by atoms with Crippen LogP contribution in [0.3, 0.4) is 0 Å². The smallest absolute Gasteiger partial charge is 0.264 e. The number of aromatic nitrogens is 2. The average Bonchev–Trinajstić information content (AvgIpc) is 2.87. The summed E-state index contributed by atoms with van der Waals surface area (Å²) in [7, 11) is -1.81. The Labute approximate surface area is 130 Å². The van der Waals surface area contributed by atoms with Crippen molar-refractivity contribution in [3.05, 3.63) is 26.1 Å². The van der Waals surface area contributed by atoms with E-state index < -0.39 is 10.0 Å². The normalized spacial score (nSPS) is 11.8. The van der Waals surface area contributed by atoms with Crippen LogP contribution in [0.1, 0.15) is 16.3 Å². The van der Waals surface area contributed by atoms with E-state index in [2.05, 4.69) is 36.2 Å². The fourth-order valence-corrected chi connectivity index (χ4v) is 5.61. The summed E-state index contributed by atoms with van der Waals surface area (Å²) in [6.45, 7) is 4.14. The van der Waals surface area contributed by atoms with Gasteiger partial charge in [-0.25, -0.2) is 8.42 Å². The number of thiophene rings is 1. The van der Waals surface area contributed by atoms with Crippen LogP contribution in [0.15, 0.2) is 14.7 Å². The first-order valence-corrected chi connectivity index (χ1v) is 8.91. The molecule has 6 nitrogen and oxygen atoms in total. The van der Waals surface area contributed by atoms with E-state index in [9.17, 15) is 8.42 Å². The summed E-state index contributed by atoms with van der Waals surface area (Å²) in [5, 5.41) is 9.73. The standard InChI is InChI=1S/C11H15BrN4O2S2/c1-6-10(7(2)15-14-6)16-20(17,18)9-4-8(5-13-3)19-11(9)12/h4,13,16H,5H2,1-3H3,(H,14,15). The van der Waals surface area contributed by atoms with Gasteiger partial charge >= 0.3 is 0 Å². The molecule has 2 rings (SSSR count). The maximum atomic E-state index is 12.4. The predicted molar refractivity (Wildman–Crippen MR) is 83.7 cm³/mol. The zero-order chi connectivity index (χ0) is 14.9. The Morgan fingerprint density at radius 1 is 1.45 bits per heavy atom. The maximum Gasteiger partial charge on any atom is 0.264 e. The number of hydrogen-bond acceptors (Lipinski definition) is 5. The van der Waals surface area contributed by atoms with Crippen molar-refractivity contribution in [2.75, 3.05) is 11.8 Å². The van der Waals surface area contributed by atoms with Gasteiger partial charge < -0.3 is 5.32 Å². The molecule has 20 heavy (non-hydrogen) atoms. The van der Waals surface area contributed by atoms with Gasteiger partial charge in [0.05, 0.1) is 20.9 Å². The molecule has 110 valence electrons. The molecule has 0 atom stereocenters. The minimum atomic E-state index is -3.63. The second-order valence-corrected chi connectivity index (χ2v) is 8.40. The van der Waals surface area contributed by atoms with Crippen LogP contribution in [0, 0.1) is 13.8 Å². The molecule has 9 heteroatoms. The first-order chi connectivity index (χ1) is 9.35. The highest BCUT2D eigenvalue weighted by molar-refractivity contribution is 9.11. The second kappa shape index (κ2) is 5.84. The van der Waals surface area contributed by atoms with Crippen molar-refractivity contribution in [3.63, 3.8) is 0 Å². The lowest BCUT2D eigenvalue weighted by atomic mass is 10.3. The number of rotatable bonds is 5. The lowest BCUT2D eigenvalue weighted by molar-refractivity contribution is 0.601. The quantitative estimate of drug-likeness (QED) is 0.745. The van der Waals surface area contributed by atoms with E-state index in [1.54, 1.807) is 19.9 Å². The summed E-state index contributed by atoms with van der Waals surface area (Å²) < 4.78 is 28.1. The number of halogens is 1. The molecule has 2 aromatic rings. The lowest BCUT2D eigenvalue weighted by Gasteiger charge is -2.07. The molecule has 0 fully saturated rings. The number of H-pyrrole nitrogens is 1. The molecule has 3 N–H and O–H groups in total. The highest BCUT2D eigenvalue weighted by atomic mass is 79.9. The van der Waals surface area contributed by atoms with Crippen LogP contribution in [-0.4, -0.2) is 25.7 Å². The topological polar surface area (TPSA) is 86.9 Å². The van der Waals surface area contributed by atoms with Crippen molar-refractivity contribution in [2.45, 2.75) is 25.3 Å². The van der Waals surface area contributed by atoms with Crippen LogP contribution in [0.25, 0.3) is 0 Å². The van der Waals surface area contributed by atoms with Gasteiger partial charge in [0.2, 0.25) is 0 Å². The molecule has 0 aliphatic rings. The van der Waals surface area contributed by atoms with E-state index in [4.69, 9.17) is 0 Å². The first-order valence-electron chi connectivity index (χ1n) is 5.82. The molecular weight excluding hydrogens is 364 g/mol. The number of nitrogens with zero attached hydrogens (tertiary/aromatic N) is 1. The van der Waals surface area contributed by atoms with Crippen LogP contribution >= 0.6 is 27.3 Å². The van der Waals surface area contributed by atoms with E-state index in [1.807, 2.05) is 7.05 Å². The molecule has 2 heterocycles. The lowest BCUT2D eigenvalue weighted by Crippen LogP contribution is -2.13. The summed E-state index contributed by atoms with van der Waals surface area (Å²) in [5.41, 5.74) is 1.80.